The van der Waals surface area contributed by atoms with Crippen molar-refractivity contribution in [1.29, 1.82) is 0 Å². The van der Waals surface area contributed by atoms with Crippen molar-refractivity contribution in [2.45, 2.75) is 78.0 Å². The molecular formula is C20H31Cl. The lowest BCUT2D eigenvalue weighted by Gasteiger charge is -2.32. The topological polar surface area (TPSA) is 0 Å². The van der Waals surface area contributed by atoms with Crippen LogP contribution in [0.3, 0.4) is 0 Å². The molecule has 0 amide bonds. The molecule has 1 atom stereocenters. The summed E-state index contributed by atoms with van der Waals surface area (Å²) in [7, 11) is 0. The summed E-state index contributed by atoms with van der Waals surface area (Å²) < 4.78 is 0. The van der Waals surface area contributed by atoms with Crippen molar-refractivity contribution in [1.82, 2.24) is 0 Å². The van der Waals surface area contributed by atoms with Gasteiger partial charge in [0, 0.05) is 0 Å². The minimum atomic E-state index is 0.206. The first-order chi connectivity index (χ1) is 10.0. The number of hydrogen-bond donors (Lipinski definition) is 0. The van der Waals surface area contributed by atoms with E-state index in [1.165, 1.54) is 67.2 Å². The minimum absolute atomic E-state index is 0.206. The number of halogens is 1. The fourth-order valence-corrected chi connectivity index (χ4v) is 4.72. The molecule has 0 aliphatic heterocycles. The molecule has 0 aromatic heterocycles. The summed E-state index contributed by atoms with van der Waals surface area (Å²) in [6.45, 7) is 8.91. The Morgan fingerprint density at radius 1 is 1.05 bits per heavy atom. The maximum absolute atomic E-state index is 6.90. The third kappa shape index (κ3) is 4.25. The van der Waals surface area contributed by atoms with Crippen LogP contribution in [0.5, 0.6) is 0 Å². The maximum Gasteiger partial charge on any atom is 0.0618 e. The van der Waals surface area contributed by atoms with Gasteiger partial charge in [-0.2, -0.15) is 0 Å². The molecule has 0 nitrogen and oxygen atoms in total. The van der Waals surface area contributed by atoms with Crippen LogP contribution < -0.4 is 0 Å². The first kappa shape index (κ1) is 16.9. The number of alkyl halides is 1. The van der Waals surface area contributed by atoms with Crippen LogP contribution in [0.1, 0.15) is 79.5 Å². The molecule has 1 aromatic rings. The van der Waals surface area contributed by atoms with Crippen LogP contribution in [-0.4, -0.2) is 0 Å². The third-order valence-corrected chi connectivity index (χ3v) is 5.86. The number of rotatable bonds is 5. The van der Waals surface area contributed by atoms with Crippen molar-refractivity contribution < 1.29 is 0 Å². The molecule has 2 rings (SSSR count). The Morgan fingerprint density at radius 2 is 1.62 bits per heavy atom. The van der Waals surface area contributed by atoms with Crippen LogP contribution in [0.15, 0.2) is 12.1 Å². The van der Waals surface area contributed by atoms with Gasteiger partial charge in [0.2, 0.25) is 0 Å². The lowest BCUT2D eigenvalue weighted by molar-refractivity contribution is 0.254. The number of unbranched alkanes of at least 4 members (excludes halogenated alkanes) is 1. The molecule has 0 spiro atoms. The normalized spacial score (nSPS) is 24.0. The summed E-state index contributed by atoms with van der Waals surface area (Å²) in [5.74, 6) is 1.63. The van der Waals surface area contributed by atoms with Crippen molar-refractivity contribution in [2.24, 2.45) is 11.8 Å². The van der Waals surface area contributed by atoms with Gasteiger partial charge in [0.05, 0.1) is 5.38 Å². The van der Waals surface area contributed by atoms with Crippen molar-refractivity contribution in [3.05, 3.63) is 34.4 Å². The van der Waals surface area contributed by atoms with Crippen LogP contribution >= 0.6 is 11.6 Å². The van der Waals surface area contributed by atoms with Crippen LogP contribution in [0, 0.1) is 32.6 Å². The van der Waals surface area contributed by atoms with E-state index in [0.29, 0.717) is 5.92 Å². The molecule has 1 fully saturated rings. The van der Waals surface area contributed by atoms with Crippen LogP contribution in [0.4, 0.5) is 0 Å². The average molecular weight is 307 g/mol. The smallest absolute Gasteiger partial charge is 0.0618 e. The highest BCUT2D eigenvalue weighted by Crippen LogP contribution is 2.43. The third-order valence-electron chi connectivity index (χ3n) is 5.29. The van der Waals surface area contributed by atoms with Crippen LogP contribution in [0.2, 0.25) is 0 Å². The van der Waals surface area contributed by atoms with E-state index < -0.39 is 0 Å². The van der Waals surface area contributed by atoms with Gasteiger partial charge >= 0.3 is 0 Å². The van der Waals surface area contributed by atoms with E-state index >= 15 is 0 Å². The van der Waals surface area contributed by atoms with Crippen molar-refractivity contribution in [3.63, 3.8) is 0 Å². The van der Waals surface area contributed by atoms with E-state index in [2.05, 4.69) is 39.8 Å². The predicted octanol–water partition coefficient (Wildman–Crippen LogP) is 6.89. The van der Waals surface area contributed by atoms with E-state index in [-0.39, 0.29) is 5.38 Å². The Labute approximate surface area is 136 Å². The molecule has 0 N–H and O–H groups in total. The lowest BCUT2D eigenvalue weighted by atomic mass is 9.76. The van der Waals surface area contributed by atoms with Crippen molar-refractivity contribution in [2.75, 3.05) is 0 Å². The molecule has 0 saturated heterocycles. The van der Waals surface area contributed by atoms with Gasteiger partial charge in [-0.05, 0) is 62.1 Å². The Bertz CT molecular complexity index is 432. The largest absolute Gasteiger partial charge is 0.118 e. The quantitative estimate of drug-likeness (QED) is 0.520. The standard InChI is InChI=1S/C20H31Cl/c1-5-6-7-17-8-10-18(11-9-17)20(21)19-15(3)12-14(2)13-16(19)4/h12-13,17-18,20H,5-11H2,1-4H3. The van der Waals surface area contributed by atoms with Crippen LogP contribution in [0.25, 0.3) is 0 Å². The van der Waals surface area contributed by atoms with Gasteiger partial charge < -0.3 is 0 Å². The van der Waals surface area contributed by atoms with Gasteiger partial charge in [-0.25, -0.2) is 0 Å². The highest BCUT2D eigenvalue weighted by molar-refractivity contribution is 6.21. The van der Waals surface area contributed by atoms with Gasteiger partial charge in [-0.3, -0.25) is 0 Å². The van der Waals surface area contributed by atoms with Gasteiger partial charge in [0.15, 0.2) is 0 Å². The molecule has 1 aliphatic rings. The second-order valence-corrected chi connectivity index (χ2v) is 7.61. The van der Waals surface area contributed by atoms with Crippen molar-refractivity contribution >= 4 is 11.6 Å². The van der Waals surface area contributed by atoms with E-state index in [1.54, 1.807) is 0 Å². The first-order valence-electron chi connectivity index (χ1n) is 8.74. The summed E-state index contributed by atoms with van der Waals surface area (Å²) in [5, 5.41) is 0.206. The summed E-state index contributed by atoms with van der Waals surface area (Å²) in [5.41, 5.74) is 5.50. The molecule has 0 heterocycles. The second-order valence-electron chi connectivity index (χ2n) is 7.14. The Kier molecular flexibility index (Phi) is 6.17. The van der Waals surface area contributed by atoms with E-state index in [9.17, 15) is 0 Å². The highest BCUT2D eigenvalue weighted by atomic mass is 35.5. The molecule has 21 heavy (non-hydrogen) atoms. The van der Waals surface area contributed by atoms with Gasteiger partial charge in [0.25, 0.3) is 0 Å². The molecule has 0 bridgehead atoms. The van der Waals surface area contributed by atoms with E-state index in [1.807, 2.05) is 0 Å². The van der Waals surface area contributed by atoms with Gasteiger partial charge in [-0.1, -0.05) is 56.7 Å². The second kappa shape index (κ2) is 7.68. The predicted molar refractivity (Wildman–Crippen MR) is 94.2 cm³/mol. The molecule has 1 saturated carbocycles. The van der Waals surface area contributed by atoms with Crippen molar-refractivity contribution in [3.8, 4) is 0 Å². The highest BCUT2D eigenvalue weighted by Gasteiger charge is 2.28. The Balaban J connectivity index is 2.00. The summed E-state index contributed by atoms with van der Waals surface area (Å²) in [6, 6.07) is 4.56. The Hall–Kier alpha value is -0.490. The maximum atomic E-state index is 6.90. The Morgan fingerprint density at radius 3 is 2.14 bits per heavy atom. The monoisotopic (exact) mass is 306 g/mol. The molecular weight excluding hydrogens is 276 g/mol. The number of aryl methyl sites for hydroxylation is 3. The summed E-state index contributed by atoms with van der Waals surface area (Å²) in [6.07, 6.45) is 9.56. The van der Waals surface area contributed by atoms with Gasteiger partial charge in [-0.15, -0.1) is 11.6 Å². The lowest BCUT2D eigenvalue weighted by Crippen LogP contribution is -2.19. The molecule has 1 heteroatoms. The SMILES string of the molecule is CCCCC1CCC(C(Cl)c2c(C)cc(C)cc2C)CC1. The van der Waals surface area contributed by atoms with E-state index in [4.69, 9.17) is 11.6 Å². The summed E-state index contributed by atoms with van der Waals surface area (Å²) in [4.78, 5) is 0. The number of hydrogen-bond acceptors (Lipinski definition) is 0. The zero-order valence-corrected chi connectivity index (χ0v) is 15.0. The first-order valence-corrected chi connectivity index (χ1v) is 9.18. The molecule has 118 valence electrons. The fourth-order valence-electron chi connectivity index (χ4n) is 4.12. The molecule has 1 aliphatic carbocycles. The number of benzene rings is 1. The molecule has 0 radical (unpaired) electrons. The minimum Gasteiger partial charge on any atom is -0.118 e. The molecule has 1 aromatic carbocycles. The summed E-state index contributed by atoms with van der Waals surface area (Å²) >= 11 is 6.90. The molecule has 1 unspecified atom stereocenters. The average Bonchev–Trinajstić information content (AvgIpc) is 2.44. The zero-order chi connectivity index (χ0) is 15.4. The zero-order valence-electron chi connectivity index (χ0n) is 14.2. The van der Waals surface area contributed by atoms with Crippen LogP contribution in [-0.2, 0) is 0 Å². The van der Waals surface area contributed by atoms with E-state index in [0.717, 1.165) is 5.92 Å². The van der Waals surface area contributed by atoms with Gasteiger partial charge in [0.1, 0.15) is 0 Å². The fraction of sp³-hybridized carbons (Fsp3) is 0.700.